The van der Waals surface area contributed by atoms with Crippen LogP contribution < -0.4 is 10.6 Å². The van der Waals surface area contributed by atoms with Crippen LogP contribution in [-0.4, -0.2) is 25.0 Å². The number of rotatable bonds is 4. The SMILES string of the molecule is CCC1(C(=O)NC(C)C2CCNCC2)CCCC1. The van der Waals surface area contributed by atoms with Gasteiger partial charge in [0.2, 0.25) is 5.91 Å². The van der Waals surface area contributed by atoms with Crippen LogP contribution in [0.1, 0.15) is 58.8 Å². The van der Waals surface area contributed by atoms with Crippen LogP contribution in [0.2, 0.25) is 0 Å². The molecule has 0 spiro atoms. The van der Waals surface area contributed by atoms with E-state index in [-0.39, 0.29) is 5.41 Å². The first-order valence-electron chi connectivity index (χ1n) is 7.69. The summed E-state index contributed by atoms with van der Waals surface area (Å²) < 4.78 is 0. The van der Waals surface area contributed by atoms with Gasteiger partial charge in [0.25, 0.3) is 0 Å². The van der Waals surface area contributed by atoms with E-state index in [4.69, 9.17) is 0 Å². The third kappa shape index (κ3) is 2.87. The van der Waals surface area contributed by atoms with Gasteiger partial charge in [0.1, 0.15) is 0 Å². The summed E-state index contributed by atoms with van der Waals surface area (Å²) in [4.78, 5) is 12.5. The molecule has 1 aliphatic heterocycles. The van der Waals surface area contributed by atoms with Gasteiger partial charge in [-0.2, -0.15) is 0 Å². The zero-order valence-corrected chi connectivity index (χ0v) is 11.9. The van der Waals surface area contributed by atoms with Gasteiger partial charge in [-0.25, -0.2) is 0 Å². The molecule has 0 aromatic rings. The Morgan fingerprint density at radius 2 is 1.94 bits per heavy atom. The van der Waals surface area contributed by atoms with Crippen LogP contribution in [0.3, 0.4) is 0 Å². The molecule has 2 aliphatic rings. The Bertz CT molecular complexity index is 278. The van der Waals surface area contributed by atoms with Crippen LogP contribution in [0.25, 0.3) is 0 Å². The lowest BCUT2D eigenvalue weighted by molar-refractivity contribution is -0.132. The van der Waals surface area contributed by atoms with E-state index in [1.54, 1.807) is 0 Å². The van der Waals surface area contributed by atoms with Gasteiger partial charge in [-0.1, -0.05) is 19.8 Å². The Hall–Kier alpha value is -0.570. The molecule has 1 unspecified atom stereocenters. The van der Waals surface area contributed by atoms with Crippen molar-refractivity contribution in [2.45, 2.75) is 64.8 Å². The number of hydrogen-bond donors (Lipinski definition) is 2. The van der Waals surface area contributed by atoms with Gasteiger partial charge < -0.3 is 10.6 Å². The van der Waals surface area contributed by atoms with E-state index in [1.165, 1.54) is 25.7 Å². The van der Waals surface area contributed by atoms with Gasteiger partial charge in [-0.05, 0) is 58.0 Å². The molecule has 1 atom stereocenters. The van der Waals surface area contributed by atoms with Gasteiger partial charge in [0, 0.05) is 11.5 Å². The highest BCUT2D eigenvalue weighted by atomic mass is 16.2. The molecule has 0 bridgehead atoms. The fraction of sp³-hybridized carbons (Fsp3) is 0.933. The summed E-state index contributed by atoms with van der Waals surface area (Å²) in [5.41, 5.74) is -0.0405. The standard InChI is InChI=1S/C15H28N2O/c1-3-15(8-4-5-9-15)14(18)17-12(2)13-6-10-16-11-7-13/h12-13,16H,3-11H2,1-2H3,(H,17,18). The molecule has 18 heavy (non-hydrogen) atoms. The molecule has 0 aromatic heterocycles. The molecule has 0 aromatic carbocycles. The van der Waals surface area contributed by atoms with E-state index < -0.39 is 0 Å². The second kappa shape index (κ2) is 6.05. The Labute approximate surface area is 111 Å². The average molecular weight is 252 g/mol. The van der Waals surface area contributed by atoms with E-state index in [9.17, 15) is 4.79 Å². The highest BCUT2D eigenvalue weighted by Crippen LogP contribution is 2.41. The predicted molar refractivity (Wildman–Crippen MR) is 74.4 cm³/mol. The molecule has 1 heterocycles. The first-order chi connectivity index (χ1) is 8.68. The lowest BCUT2D eigenvalue weighted by Crippen LogP contribution is -2.47. The highest BCUT2D eigenvalue weighted by molar-refractivity contribution is 5.83. The summed E-state index contributed by atoms with van der Waals surface area (Å²) in [6.07, 6.45) is 8.02. The molecular weight excluding hydrogens is 224 g/mol. The van der Waals surface area contributed by atoms with E-state index in [0.29, 0.717) is 17.9 Å². The van der Waals surface area contributed by atoms with Crippen molar-refractivity contribution in [1.82, 2.24) is 10.6 Å². The van der Waals surface area contributed by atoms with E-state index >= 15 is 0 Å². The third-order valence-corrected chi connectivity index (χ3v) is 5.17. The predicted octanol–water partition coefficient (Wildman–Crippen LogP) is 2.46. The molecule has 3 heteroatoms. The normalized spacial score (nSPS) is 25.9. The van der Waals surface area contributed by atoms with Crippen molar-refractivity contribution in [2.24, 2.45) is 11.3 Å². The fourth-order valence-electron chi connectivity index (χ4n) is 3.61. The largest absolute Gasteiger partial charge is 0.353 e. The van der Waals surface area contributed by atoms with Crippen molar-refractivity contribution in [3.05, 3.63) is 0 Å². The maximum absolute atomic E-state index is 12.5. The monoisotopic (exact) mass is 252 g/mol. The number of carbonyl (C=O) groups is 1. The second-order valence-electron chi connectivity index (χ2n) is 6.19. The molecule has 1 amide bonds. The van der Waals surface area contributed by atoms with Crippen molar-refractivity contribution in [2.75, 3.05) is 13.1 Å². The van der Waals surface area contributed by atoms with Crippen LogP contribution in [0, 0.1) is 11.3 Å². The van der Waals surface area contributed by atoms with Crippen molar-refractivity contribution < 1.29 is 4.79 Å². The zero-order chi connectivity index (χ0) is 13.0. The number of nitrogens with one attached hydrogen (secondary N) is 2. The van der Waals surface area contributed by atoms with Crippen molar-refractivity contribution in [1.29, 1.82) is 0 Å². The first-order valence-corrected chi connectivity index (χ1v) is 7.69. The Balaban J connectivity index is 1.89. The Morgan fingerprint density at radius 3 is 2.50 bits per heavy atom. The molecule has 2 rings (SSSR count). The van der Waals surface area contributed by atoms with Gasteiger partial charge >= 0.3 is 0 Å². The average Bonchev–Trinajstić information content (AvgIpc) is 2.89. The molecule has 1 aliphatic carbocycles. The van der Waals surface area contributed by atoms with Crippen molar-refractivity contribution in [3.63, 3.8) is 0 Å². The zero-order valence-electron chi connectivity index (χ0n) is 11.9. The number of hydrogen-bond acceptors (Lipinski definition) is 2. The maximum atomic E-state index is 12.5. The quantitative estimate of drug-likeness (QED) is 0.807. The lowest BCUT2D eigenvalue weighted by Gasteiger charge is -2.33. The summed E-state index contributed by atoms with van der Waals surface area (Å²) in [6, 6.07) is 0.337. The van der Waals surface area contributed by atoms with E-state index in [1.807, 2.05) is 0 Å². The molecule has 104 valence electrons. The number of amides is 1. The number of carbonyl (C=O) groups excluding carboxylic acids is 1. The maximum Gasteiger partial charge on any atom is 0.226 e. The Kier molecular flexibility index (Phi) is 4.66. The van der Waals surface area contributed by atoms with Gasteiger partial charge in [-0.3, -0.25) is 4.79 Å². The third-order valence-electron chi connectivity index (χ3n) is 5.17. The molecular formula is C15H28N2O. The van der Waals surface area contributed by atoms with Crippen LogP contribution in [0.4, 0.5) is 0 Å². The van der Waals surface area contributed by atoms with Gasteiger partial charge in [0.05, 0.1) is 0 Å². The second-order valence-corrected chi connectivity index (χ2v) is 6.19. The molecule has 2 fully saturated rings. The number of piperidine rings is 1. The minimum atomic E-state index is -0.0405. The van der Waals surface area contributed by atoms with Crippen LogP contribution in [0.15, 0.2) is 0 Å². The van der Waals surface area contributed by atoms with E-state index in [0.717, 1.165) is 32.4 Å². The minimum absolute atomic E-state index is 0.0405. The molecule has 2 N–H and O–H groups in total. The van der Waals surface area contributed by atoms with Gasteiger partial charge in [0.15, 0.2) is 0 Å². The summed E-state index contributed by atoms with van der Waals surface area (Å²) in [5, 5.41) is 6.70. The molecule has 1 saturated heterocycles. The van der Waals surface area contributed by atoms with Crippen molar-refractivity contribution >= 4 is 5.91 Å². The molecule has 1 saturated carbocycles. The van der Waals surface area contributed by atoms with Crippen LogP contribution >= 0.6 is 0 Å². The first kappa shape index (κ1) is 13.9. The highest BCUT2D eigenvalue weighted by Gasteiger charge is 2.40. The summed E-state index contributed by atoms with van der Waals surface area (Å²) >= 11 is 0. The minimum Gasteiger partial charge on any atom is -0.353 e. The smallest absolute Gasteiger partial charge is 0.226 e. The van der Waals surface area contributed by atoms with Crippen molar-refractivity contribution in [3.8, 4) is 0 Å². The fourth-order valence-corrected chi connectivity index (χ4v) is 3.61. The Morgan fingerprint density at radius 1 is 1.33 bits per heavy atom. The summed E-state index contributed by atoms with van der Waals surface area (Å²) in [7, 11) is 0. The topological polar surface area (TPSA) is 41.1 Å². The van der Waals surface area contributed by atoms with Gasteiger partial charge in [-0.15, -0.1) is 0 Å². The van der Waals surface area contributed by atoms with Crippen LogP contribution in [0.5, 0.6) is 0 Å². The van der Waals surface area contributed by atoms with E-state index in [2.05, 4.69) is 24.5 Å². The molecule has 3 nitrogen and oxygen atoms in total. The van der Waals surface area contributed by atoms with Crippen LogP contribution in [-0.2, 0) is 4.79 Å². The summed E-state index contributed by atoms with van der Waals surface area (Å²) in [6.45, 7) is 6.56. The summed E-state index contributed by atoms with van der Waals surface area (Å²) in [5.74, 6) is 0.985. The lowest BCUT2D eigenvalue weighted by atomic mass is 9.81. The molecule has 0 radical (unpaired) electrons.